The van der Waals surface area contributed by atoms with E-state index in [9.17, 15) is 4.79 Å². The van der Waals surface area contributed by atoms with Crippen molar-refractivity contribution in [3.05, 3.63) is 23.8 Å². The lowest BCUT2D eigenvalue weighted by molar-refractivity contribution is -0.118. The number of anilines is 1. The van der Waals surface area contributed by atoms with Crippen molar-refractivity contribution in [2.75, 3.05) is 25.1 Å². The van der Waals surface area contributed by atoms with Crippen LogP contribution >= 0.6 is 0 Å². The van der Waals surface area contributed by atoms with Gasteiger partial charge >= 0.3 is 0 Å². The molecule has 1 aromatic carbocycles. The molecule has 1 aliphatic rings. The predicted molar refractivity (Wildman–Crippen MR) is 62.7 cm³/mol. The molecule has 4 nitrogen and oxygen atoms in total. The third-order valence-electron chi connectivity index (χ3n) is 2.81. The number of benzene rings is 1. The second-order valence-electron chi connectivity index (χ2n) is 3.84. The molecule has 0 saturated carbocycles. The van der Waals surface area contributed by atoms with Gasteiger partial charge in [-0.2, -0.15) is 0 Å². The number of hydrogen-bond donors (Lipinski definition) is 1. The molecule has 16 heavy (non-hydrogen) atoms. The smallest absolute Gasteiger partial charge is 0.227 e. The fourth-order valence-electron chi connectivity index (χ4n) is 1.96. The third kappa shape index (κ3) is 1.88. The summed E-state index contributed by atoms with van der Waals surface area (Å²) in [5.41, 5.74) is 7.47. The maximum absolute atomic E-state index is 11.5. The minimum atomic E-state index is 0.156. The molecule has 0 unspecified atom stereocenters. The van der Waals surface area contributed by atoms with Crippen molar-refractivity contribution in [3.8, 4) is 5.75 Å². The Balaban J connectivity index is 2.33. The van der Waals surface area contributed by atoms with Crippen LogP contribution in [0.3, 0.4) is 0 Å². The molecular weight excluding hydrogens is 204 g/mol. The number of amides is 1. The number of carbonyl (C=O) groups excluding carboxylic acids is 1. The van der Waals surface area contributed by atoms with Crippen LogP contribution in [-0.4, -0.2) is 26.1 Å². The summed E-state index contributed by atoms with van der Waals surface area (Å²) in [5.74, 6) is 1.01. The van der Waals surface area contributed by atoms with E-state index in [1.54, 1.807) is 11.9 Å². The minimum Gasteiger partial charge on any atom is -0.492 e. The van der Waals surface area contributed by atoms with Gasteiger partial charge < -0.3 is 15.4 Å². The van der Waals surface area contributed by atoms with Crippen molar-refractivity contribution >= 4 is 11.6 Å². The van der Waals surface area contributed by atoms with Crippen molar-refractivity contribution in [1.82, 2.24) is 0 Å². The predicted octanol–water partition coefficient (Wildman–Crippen LogP) is 0.933. The molecule has 0 aliphatic carbocycles. The topological polar surface area (TPSA) is 55.6 Å². The summed E-state index contributed by atoms with van der Waals surface area (Å²) in [6, 6.07) is 5.78. The van der Waals surface area contributed by atoms with Gasteiger partial charge in [-0.1, -0.05) is 6.07 Å². The second-order valence-corrected chi connectivity index (χ2v) is 3.84. The highest BCUT2D eigenvalue weighted by Gasteiger charge is 2.23. The van der Waals surface area contributed by atoms with E-state index < -0.39 is 0 Å². The summed E-state index contributed by atoms with van der Waals surface area (Å²) in [6.45, 7) is 1.01. The van der Waals surface area contributed by atoms with Gasteiger partial charge in [0.15, 0.2) is 0 Å². The Morgan fingerprint density at radius 1 is 1.44 bits per heavy atom. The van der Waals surface area contributed by atoms with E-state index in [0.717, 1.165) is 23.4 Å². The SMILES string of the molecule is CN1C(=O)CCc2c(OCCN)cccc21. The lowest BCUT2D eigenvalue weighted by Gasteiger charge is -2.27. The molecule has 4 heteroatoms. The molecule has 0 aromatic heterocycles. The van der Waals surface area contributed by atoms with Crippen LogP contribution in [-0.2, 0) is 11.2 Å². The summed E-state index contributed by atoms with van der Waals surface area (Å²) in [6.07, 6.45) is 1.30. The first-order valence-electron chi connectivity index (χ1n) is 5.45. The standard InChI is InChI=1S/C12H16N2O2/c1-14-10-3-2-4-11(16-8-7-13)9(10)5-6-12(14)15/h2-4H,5-8,13H2,1H3. The molecule has 1 heterocycles. The number of fused-ring (bicyclic) bond motifs is 1. The summed E-state index contributed by atoms with van der Waals surface area (Å²) in [5, 5.41) is 0. The van der Waals surface area contributed by atoms with Gasteiger partial charge in [0, 0.05) is 25.6 Å². The van der Waals surface area contributed by atoms with Gasteiger partial charge in [-0.25, -0.2) is 0 Å². The maximum atomic E-state index is 11.5. The first kappa shape index (κ1) is 11.0. The van der Waals surface area contributed by atoms with E-state index in [4.69, 9.17) is 10.5 Å². The Morgan fingerprint density at radius 3 is 3.00 bits per heavy atom. The van der Waals surface area contributed by atoms with Gasteiger partial charge in [-0.15, -0.1) is 0 Å². The number of nitrogens with two attached hydrogens (primary N) is 1. The molecule has 0 fully saturated rings. The molecule has 0 radical (unpaired) electrons. The van der Waals surface area contributed by atoms with E-state index in [1.807, 2.05) is 18.2 Å². The summed E-state index contributed by atoms with van der Waals surface area (Å²) < 4.78 is 5.57. The van der Waals surface area contributed by atoms with E-state index in [-0.39, 0.29) is 5.91 Å². The monoisotopic (exact) mass is 220 g/mol. The van der Waals surface area contributed by atoms with E-state index in [1.165, 1.54) is 0 Å². The van der Waals surface area contributed by atoms with Crippen molar-refractivity contribution in [3.63, 3.8) is 0 Å². The maximum Gasteiger partial charge on any atom is 0.227 e. The van der Waals surface area contributed by atoms with Gasteiger partial charge in [0.2, 0.25) is 5.91 Å². The Morgan fingerprint density at radius 2 is 2.25 bits per heavy atom. The van der Waals surface area contributed by atoms with Gasteiger partial charge in [-0.3, -0.25) is 4.79 Å². The second kappa shape index (κ2) is 4.53. The summed E-state index contributed by atoms with van der Waals surface area (Å²) in [7, 11) is 1.80. The van der Waals surface area contributed by atoms with Gasteiger partial charge in [0.25, 0.3) is 0 Å². The fraction of sp³-hybridized carbons (Fsp3) is 0.417. The van der Waals surface area contributed by atoms with Crippen LogP contribution in [0.25, 0.3) is 0 Å². The molecule has 0 bridgehead atoms. The third-order valence-corrected chi connectivity index (χ3v) is 2.81. The van der Waals surface area contributed by atoms with Crippen molar-refractivity contribution in [2.24, 2.45) is 5.73 Å². The quantitative estimate of drug-likeness (QED) is 0.824. The molecule has 0 saturated heterocycles. The molecule has 2 N–H and O–H groups in total. The largest absolute Gasteiger partial charge is 0.492 e. The Labute approximate surface area is 95.0 Å². The zero-order chi connectivity index (χ0) is 11.5. The lowest BCUT2D eigenvalue weighted by Crippen LogP contribution is -2.31. The molecule has 86 valence electrons. The first-order chi connectivity index (χ1) is 7.74. The van der Waals surface area contributed by atoms with Crippen LogP contribution in [0.15, 0.2) is 18.2 Å². The Kier molecular flexibility index (Phi) is 3.10. The first-order valence-corrected chi connectivity index (χ1v) is 5.45. The lowest BCUT2D eigenvalue weighted by atomic mass is 10.0. The van der Waals surface area contributed by atoms with Crippen molar-refractivity contribution in [1.29, 1.82) is 0 Å². The van der Waals surface area contributed by atoms with Gasteiger partial charge in [-0.05, 0) is 18.6 Å². The van der Waals surface area contributed by atoms with Crippen LogP contribution in [0.2, 0.25) is 0 Å². The van der Waals surface area contributed by atoms with Crippen LogP contribution in [0.1, 0.15) is 12.0 Å². The highest BCUT2D eigenvalue weighted by molar-refractivity contribution is 5.96. The normalized spacial score (nSPS) is 14.9. The van der Waals surface area contributed by atoms with E-state index in [2.05, 4.69) is 0 Å². The minimum absolute atomic E-state index is 0.156. The van der Waals surface area contributed by atoms with E-state index in [0.29, 0.717) is 19.6 Å². The van der Waals surface area contributed by atoms with Crippen LogP contribution in [0, 0.1) is 0 Å². The summed E-state index contributed by atoms with van der Waals surface area (Å²) >= 11 is 0. The number of rotatable bonds is 3. The molecule has 1 aromatic rings. The summed E-state index contributed by atoms with van der Waals surface area (Å²) in [4.78, 5) is 13.2. The molecule has 2 rings (SSSR count). The molecular formula is C12H16N2O2. The highest BCUT2D eigenvalue weighted by atomic mass is 16.5. The molecule has 1 aliphatic heterocycles. The average molecular weight is 220 g/mol. The van der Waals surface area contributed by atoms with Crippen molar-refractivity contribution in [2.45, 2.75) is 12.8 Å². The Hall–Kier alpha value is -1.55. The molecule has 1 amide bonds. The number of nitrogens with zero attached hydrogens (tertiary/aromatic N) is 1. The molecule has 0 spiro atoms. The van der Waals surface area contributed by atoms with Crippen molar-refractivity contribution < 1.29 is 9.53 Å². The zero-order valence-corrected chi connectivity index (χ0v) is 9.40. The highest BCUT2D eigenvalue weighted by Crippen LogP contribution is 2.33. The Bertz CT molecular complexity index is 404. The molecule has 0 atom stereocenters. The number of hydrogen-bond acceptors (Lipinski definition) is 3. The number of carbonyl (C=O) groups is 1. The average Bonchev–Trinajstić information content (AvgIpc) is 2.31. The fourth-order valence-corrected chi connectivity index (χ4v) is 1.96. The van der Waals surface area contributed by atoms with Gasteiger partial charge in [0.05, 0.1) is 5.69 Å². The van der Waals surface area contributed by atoms with Crippen LogP contribution in [0.4, 0.5) is 5.69 Å². The number of ether oxygens (including phenoxy) is 1. The van der Waals surface area contributed by atoms with E-state index >= 15 is 0 Å². The van der Waals surface area contributed by atoms with Crippen LogP contribution < -0.4 is 15.4 Å². The zero-order valence-electron chi connectivity index (χ0n) is 9.40. The van der Waals surface area contributed by atoms with Crippen LogP contribution in [0.5, 0.6) is 5.75 Å². The van der Waals surface area contributed by atoms with Gasteiger partial charge in [0.1, 0.15) is 12.4 Å².